The van der Waals surface area contributed by atoms with Crippen LogP contribution in [0.1, 0.15) is 36.1 Å². The standard InChI is InChI=1S/C17H20Br2O4/c1-3-22-15(20)17(16(21)23-4-2)7-11-5-13(9-18)14(10-19)6-12(11)8-17/h5-6H,3-4,7-10H2,1-2H3. The maximum absolute atomic E-state index is 12.5. The Morgan fingerprint density at radius 1 is 0.957 bits per heavy atom. The SMILES string of the molecule is CCOC(=O)C1(C(=O)OCC)Cc2cc(CBr)c(CBr)cc2C1. The minimum absolute atomic E-state index is 0.246. The number of alkyl halides is 2. The Kier molecular flexibility index (Phi) is 6.26. The third-order valence-corrected chi connectivity index (χ3v) is 5.33. The van der Waals surface area contributed by atoms with Gasteiger partial charge in [-0.25, -0.2) is 0 Å². The molecule has 6 heteroatoms. The van der Waals surface area contributed by atoms with Gasteiger partial charge in [0.25, 0.3) is 0 Å². The van der Waals surface area contributed by atoms with Crippen LogP contribution in [0.5, 0.6) is 0 Å². The fraction of sp³-hybridized carbons (Fsp3) is 0.529. The van der Waals surface area contributed by atoms with Crippen LogP contribution >= 0.6 is 31.9 Å². The summed E-state index contributed by atoms with van der Waals surface area (Å²) in [7, 11) is 0. The Labute approximate surface area is 153 Å². The van der Waals surface area contributed by atoms with Crippen LogP contribution in [-0.4, -0.2) is 25.2 Å². The first kappa shape index (κ1) is 18.5. The van der Waals surface area contributed by atoms with Crippen LogP contribution in [0.25, 0.3) is 0 Å². The van der Waals surface area contributed by atoms with Crippen molar-refractivity contribution in [3.63, 3.8) is 0 Å². The van der Waals surface area contributed by atoms with Crippen LogP contribution < -0.4 is 0 Å². The number of carbonyl (C=O) groups is 2. The zero-order valence-corrected chi connectivity index (χ0v) is 16.5. The van der Waals surface area contributed by atoms with Crippen molar-refractivity contribution < 1.29 is 19.1 Å². The maximum atomic E-state index is 12.5. The number of esters is 2. The maximum Gasteiger partial charge on any atom is 0.324 e. The highest BCUT2D eigenvalue weighted by Gasteiger charge is 2.53. The third-order valence-electron chi connectivity index (χ3n) is 4.13. The minimum Gasteiger partial charge on any atom is -0.465 e. The summed E-state index contributed by atoms with van der Waals surface area (Å²) in [6.45, 7) is 3.97. The van der Waals surface area contributed by atoms with Crippen molar-refractivity contribution in [3.05, 3.63) is 34.4 Å². The highest BCUT2D eigenvalue weighted by molar-refractivity contribution is 9.09. The van der Waals surface area contributed by atoms with E-state index in [1.54, 1.807) is 13.8 Å². The minimum atomic E-state index is -1.25. The molecule has 1 aromatic carbocycles. The first-order valence-corrected chi connectivity index (χ1v) is 9.86. The number of carbonyl (C=O) groups excluding carboxylic acids is 2. The molecule has 0 amide bonds. The Balaban J connectivity index is 2.44. The number of rotatable bonds is 6. The molecular weight excluding hydrogens is 428 g/mol. The molecule has 0 atom stereocenters. The number of hydrogen-bond donors (Lipinski definition) is 0. The predicted molar refractivity (Wildman–Crippen MR) is 94.8 cm³/mol. The molecule has 1 aromatic rings. The van der Waals surface area contributed by atoms with Crippen LogP contribution in [0.2, 0.25) is 0 Å². The number of benzene rings is 1. The van der Waals surface area contributed by atoms with E-state index in [1.165, 1.54) is 0 Å². The van der Waals surface area contributed by atoms with Gasteiger partial charge in [0.2, 0.25) is 0 Å². The lowest BCUT2D eigenvalue weighted by Gasteiger charge is -2.23. The predicted octanol–water partition coefficient (Wildman–Crippen LogP) is 3.69. The Morgan fingerprint density at radius 2 is 1.35 bits per heavy atom. The van der Waals surface area contributed by atoms with Gasteiger partial charge in [0.05, 0.1) is 13.2 Å². The molecular formula is C17H20Br2O4. The van der Waals surface area contributed by atoms with Crippen LogP contribution in [0.15, 0.2) is 12.1 Å². The topological polar surface area (TPSA) is 52.6 Å². The molecule has 1 aliphatic rings. The summed E-state index contributed by atoms with van der Waals surface area (Å²) in [5, 5.41) is 1.46. The normalized spacial score (nSPS) is 15.1. The first-order chi connectivity index (χ1) is 11.0. The average molecular weight is 448 g/mol. The quantitative estimate of drug-likeness (QED) is 0.379. The molecule has 0 spiro atoms. The number of fused-ring (bicyclic) bond motifs is 1. The van der Waals surface area contributed by atoms with E-state index in [0.29, 0.717) is 12.8 Å². The fourth-order valence-electron chi connectivity index (χ4n) is 2.99. The van der Waals surface area contributed by atoms with Gasteiger partial charge >= 0.3 is 11.9 Å². The second kappa shape index (κ2) is 7.79. The van der Waals surface area contributed by atoms with Crippen molar-refractivity contribution in [1.82, 2.24) is 0 Å². The number of hydrogen-bond acceptors (Lipinski definition) is 4. The van der Waals surface area contributed by atoms with Gasteiger partial charge in [-0.05, 0) is 48.9 Å². The van der Waals surface area contributed by atoms with E-state index < -0.39 is 17.4 Å². The zero-order valence-electron chi connectivity index (χ0n) is 13.3. The van der Waals surface area contributed by atoms with Crippen LogP contribution in [0, 0.1) is 5.41 Å². The second-order valence-corrected chi connectivity index (χ2v) is 6.65. The summed E-state index contributed by atoms with van der Waals surface area (Å²) in [6.07, 6.45) is 0.672. The van der Waals surface area contributed by atoms with Crippen molar-refractivity contribution in [3.8, 4) is 0 Å². The van der Waals surface area contributed by atoms with E-state index in [9.17, 15) is 9.59 Å². The molecule has 2 rings (SSSR count). The van der Waals surface area contributed by atoms with Crippen molar-refractivity contribution in [1.29, 1.82) is 0 Å². The van der Waals surface area contributed by atoms with Crippen molar-refractivity contribution in [2.24, 2.45) is 5.41 Å². The Hall–Kier alpha value is -0.880. The number of ether oxygens (including phenoxy) is 2. The molecule has 0 bridgehead atoms. The van der Waals surface area contributed by atoms with Gasteiger partial charge in [-0.3, -0.25) is 9.59 Å². The van der Waals surface area contributed by atoms with Crippen molar-refractivity contribution >= 4 is 43.8 Å². The summed E-state index contributed by atoms with van der Waals surface area (Å²) in [4.78, 5) is 25.0. The van der Waals surface area contributed by atoms with Crippen LogP contribution in [0.4, 0.5) is 0 Å². The van der Waals surface area contributed by atoms with Gasteiger partial charge in [-0.2, -0.15) is 0 Å². The fourth-order valence-corrected chi connectivity index (χ4v) is 4.04. The highest BCUT2D eigenvalue weighted by Crippen LogP contribution is 2.41. The average Bonchev–Trinajstić information content (AvgIpc) is 2.93. The van der Waals surface area contributed by atoms with Gasteiger partial charge in [-0.15, -0.1) is 0 Å². The number of halogens is 2. The van der Waals surface area contributed by atoms with E-state index >= 15 is 0 Å². The Bertz CT molecular complexity index is 560. The summed E-state index contributed by atoms with van der Waals surface area (Å²) in [6, 6.07) is 4.14. The first-order valence-electron chi connectivity index (χ1n) is 7.62. The van der Waals surface area contributed by atoms with E-state index in [0.717, 1.165) is 32.9 Å². The molecule has 0 unspecified atom stereocenters. The van der Waals surface area contributed by atoms with E-state index in [-0.39, 0.29) is 13.2 Å². The molecule has 4 nitrogen and oxygen atoms in total. The van der Waals surface area contributed by atoms with Crippen LogP contribution in [-0.2, 0) is 42.6 Å². The van der Waals surface area contributed by atoms with E-state index in [2.05, 4.69) is 44.0 Å². The lowest BCUT2D eigenvalue weighted by Crippen LogP contribution is -2.43. The molecule has 0 heterocycles. The molecule has 23 heavy (non-hydrogen) atoms. The molecule has 126 valence electrons. The van der Waals surface area contributed by atoms with E-state index in [1.807, 2.05) is 0 Å². The molecule has 0 aromatic heterocycles. The molecule has 0 radical (unpaired) electrons. The van der Waals surface area contributed by atoms with E-state index in [4.69, 9.17) is 9.47 Å². The van der Waals surface area contributed by atoms with Crippen LogP contribution in [0.3, 0.4) is 0 Å². The zero-order chi connectivity index (χ0) is 17.0. The molecule has 0 aliphatic heterocycles. The highest BCUT2D eigenvalue weighted by atomic mass is 79.9. The van der Waals surface area contributed by atoms with Crippen molar-refractivity contribution in [2.75, 3.05) is 13.2 Å². The summed E-state index contributed by atoms with van der Waals surface area (Å²) in [5.74, 6) is -0.981. The molecule has 1 aliphatic carbocycles. The molecule has 0 fully saturated rings. The monoisotopic (exact) mass is 446 g/mol. The van der Waals surface area contributed by atoms with Gasteiger partial charge in [0, 0.05) is 10.7 Å². The molecule has 0 N–H and O–H groups in total. The summed E-state index contributed by atoms with van der Waals surface area (Å²) >= 11 is 6.98. The lowest BCUT2D eigenvalue weighted by atomic mass is 9.84. The van der Waals surface area contributed by atoms with Gasteiger partial charge in [0.15, 0.2) is 5.41 Å². The summed E-state index contributed by atoms with van der Waals surface area (Å²) < 4.78 is 10.4. The smallest absolute Gasteiger partial charge is 0.324 e. The Morgan fingerprint density at radius 3 is 1.65 bits per heavy atom. The van der Waals surface area contributed by atoms with Gasteiger partial charge < -0.3 is 9.47 Å². The largest absolute Gasteiger partial charge is 0.465 e. The third kappa shape index (κ3) is 3.48. The lowest BCUT2D eigenvalue weighted by molar-refractivity contribution is -0.171. The molecule has 0 saturated carbocycles. The van der Waals surface area contributed by atoms with Gasteiger partial charge in [0.1, 0.15) is 0 Å². The van der Waals surface area contributed by atoms with Crippen molar-refractivity contribution in [2.45, 2.75) is 37.3 Å². The molecule has 0 saturated heterocycles. The van der Waals surface area contributed by atoms with Gasteiger partial charge in [-0.1, -0.05) is 44.0 Å². The summed E-state index contributed by atoms with van der Waals surface area (Å²) in [5.41, 5.74) is 3.10. The second-order valence-electron chi connectivity index (χ2n) is 5.53.